The maximum atomic E-state index is 11.5. The van der Waals surface area contributed by atoms with Crippen molar-refractivity contribution in [1.82, 2.24) is 5.32 Å². The predicted molar refractivity (Wildman–Crippen MR) is 82.0 cm³/mol. The third-order valence-electron chi connectivity index (χ3n) is 3.13. The highest BCUT2D eigenvalue weighted by molar-refractivity contribution is 5.88. The second kappa shape index (κ2) is 7.53. The average molecular weight is 271 g/mol. The van der Waals surface area contributed by atoms with Crippen LogP contribution in [0.5, 0.6) is 5.75 Å². The Hall–Kier alpha value is -2.03. The normalized spacial score (nSPS) is 10.4. The van der Waals surface area contributed by atoms with Gasteiger partial charge in [-0.25, -0.2) is 0 Å². The minimum absolute atomic E-state index is 0.105. The summed E-state index contributed by atoms with van der Waals surface area (Å²) < 4.78 is 5.79. The summed E-state index contributed by atoms with van der Waals surface area (Å²) in [5, 5.41) is 5.15. The van der Waals surface area contributed by atoms with Crippen LogP contribution in [0.15, 0.2) is 42.5 Å². The summed E-state index contributed by atoms with van der Waals surface area (Å²) >= 11 is 0. The van der Waals surface area contributed by atoms with Crippen molar-refractivity contribution >= 4 is 16.7 Å². The number of hydrogen-bond acceptors (Lipinski definition) is 2. The van der Waals surface area contributed by atoms with Crippen molar-refractivity contribution in [3.05, 3.63) is 42.5 Å². The van der Waals surface area contributed by atoms with E-state index >= 15 is 0 Å². The van der Waals surface area contributed by atoms with Gasteiger partial charge in [-0.1, -0.05) is 43.3 Å². The van der Waals surface area contributed by atoms with Crippen LogP contribution >= 0.6 is 0 Å². The first-order valence-electron chi connectivity index (χ1n) is 7.18. The van der Waals surface area contributed by atoms with E-state index in [1.54, 1.807) is 0 Å². The zero-order valence-electron chi connectivity index (χ0n) is 11.9. The molecule has 2 aromatic rings. The van der Waals surface area contributed by atoms with Gasteiger partial charge < -0.3 is 10.1 Å². The van der Waals surface area contributed by atoms with Crippen LogP contribution in [0, 0.1) is 0 Å². The molecule has 0 bridgehead atoms. The van der Waals surface area contributed by atoms with E-state index in [1.165, 1.54) is 5.39 Å². The predicted octanol–water partition coefficient (Wildman–Crippen LogP) is 3.53. The lowest BCUT2D eigenvalue weighted by molar-refractivity contribution is -0.121. The number of carbonyl (C=O) groups excluding carboxylic acids is 1. The molecule has 0 aliphatic heterocycles. The molecule has 0 saturated heterocycles. The van der Waals surface area contributed by atoms with Gasteiger partial charge in [0, 0.05) is 18.4 Å². The average Bonchev–Trinajstić information content (AvgIpc) is 2.49. The summed E-state index contributed by atoms with van der Waals surface area (Å²) in [6.45, 7) is 3.36. The van der Waals surface area contributed by atoms with E-state index in [0.717, 1.165) is 30.5 Å². The number of carbonyl (C=O) groups is 1. The van der Waals surface area contributed by atoms with E-state index in [0.29, 0.717) is 13.0 Å². The summed E-state index contributed by atoms with van der Waals surface area (Å²) in [6, 6.07) is 14.2. The van der Waals surface area contributed by atoms with Gasteiger partial charge in [0.1, 0.15) is 5.75 Å². The van der Waals surface area contributed by atoms with Gasteiger partial charge in [0.25, 0.3) is 0 Å². The topological polar surface area (TPSA) is 38.3 Å². The van der Waals surface area contributed by atoms with Crippen LogP contribution in [0.1, 0.15) is 26.2 Å². The van der Waals surface area contributed by atoms with Crippen LogP contribution in [-0.4, -0.2) is 19.1 Å². The van der Waals surface area contributed by atoms with Crippen molar-refractivity contribution in [2.45, 2.75) is 26.2 Å². The number of fused-ring (bicyclic) bond motifs is 1. The third kappa shape index (κ3) is 3.98. The molecule has 106 valence electrons. The Balaban J connectivity index is 1.83. The smallest absolute Gasteiger partial charge is 0.220 e. The zero-order valence-corrected chi connectivity index (χ0v) is 11.9. The van der Waals surface area contributed by atoms with Gasteiger partial charge in [-0.15, -0.1) is 0 Å². The summed E-state index contributed by atoms with van der Waals surface area (Å²) in [5.41, 5.74) is 0. The molecule has 0 aliphatic rings. The molecule has 0 radical (unpaired) electrons. The van der Waals surface area contributed by atoms with E-state index in [2.05, 4.69) is 23.5 Å². The van der Waals surface area contributed by atoms with Crippen molar-refractivity contribution in [1.29, 1.82) is 0 Å². The van der Waals surface area contributed by atoms with E-state index in [1.807, 2.05) is 31.2 Å². The first-order valence-corrected chi connectivity index (χ1v) is 7.18. The molecule has 3 nitrogen and oxygen atoms in total. The Kier molecular flexibility index (Phi) is 5.42. The van der Waals surface area contributed by atoms with Gasteiger partial charge >= 0.3 is 0 Å². The van der Waals surface area contributed by atoms with Crippen LogP contribution in [0.25, 0.3) is 10.8 Å². The summed E-state index contributed by atoms with van der Waals surface area (Å²) in [6.07, 6.45) is 2.22. The molecule has 0 aromatic heterocycles. The van der Waals surface area contributed by atoms with Crippen LogP contribution in [0.4, 0.5) is 0 Å². The molecular weight excluding hydrogens is 250 g/mol. The van der Waals surface area contributed by atoms with Gasteiger partial charge in [-0.2, -0.15) is 0 Å². The number of rotatable bonds is 7. The second-order valence-corrected chi connectivity index (χ2v) is 4.78. The molecule has 0 fully saturated rings. The fourth-order valence-corrected chi connectivity index (χ4v) is 2.09. The van der Waals surface area contributed by atoms with E-state index < -0.39 is 0 Å². The van der Waals surface area contributed by atoms with Crippen LogP contribution in [-0.2, 0) is 4.79 Å². The van der Waals surface area contributed by atoms with Crippen molar-refractivity contribution in [2.24, 2.45) is 0 Å². The quantitative estimate of drug-likeness (QED) is 0.782. The van der Waals surface area contributed by atoms with Gasteiger partial charge in [0.05, 0.1) is 6.61 Å². The summed E-state index contributed by atoms with van der Waals surface area (Å²) in [7, 11) is 0. The fourth-order valence-electron chi connectivity index (χ4n) is 2.09. The van der Waals surface area contributed by atoms with Crippen molar-refractivity contribution < 1.29 is 9.53 Å². The maximum Gasteiger partial charge on any atom is 0.220 e. The minimum Gasteiger partial charge on any atom is -0.493 e. The lowest BCUT2D eigenvalue weighted by atomic mass is 10.1. The van der Waals surface area contributed by atoms with E-state index in [4.69, 9.17) is 4.74 Å². The minimum atomic E-state index is 0.105. The van der Waals surface area contributed by atoms with E-state index in [-0.39, 0.29) is 5.91 Å². The highest BCUT2D eigenvalue weighted by Crippen LogP contribution is 2.25. The lowest BCUT2D eigenvalue weighted by Crippen LogP contribution is -2.24. The Bertz CT molecular complexity index is 560. The van der Waals surface area contributed by atoms with Crippen LogP contribution in [0.2, 0.25) is 0 Å². The summed E-state index contributed by atoms with van der Waals surface area (Å²) in [4.78, 5) is 11.5. The molecule has 3 heteroatoms. The number of nitrogens with one attached hydrogen (secondary N) is 1. The van der Waals surface area contributed by atoms with Gasteiger partial charge in [0.2, 0.25) is 5.91 Å². The molecule has 0 saturated carbocycles. The van der Waals surface area contributed by atoms with Gasteiger partial charge in [-0.3, -0.25) is 4.79 Å². The number of ether oxygens (including phenoxy) is 1. The highest BCUT2D eigenvalue weighted by Gasteiger charge is 2.03. The highest BCUT2D eigenvalue weighted by atomic mass is 16.5. The molecular formula is C17H21NO2. The van der Waals surface area contributed by atoms with Crippen molar-refractivity contribution in [3.8, 4) is 5.75 Å². The zero-order chi connectivity index (χ0) is 14.2. The Morgan fingerprint density at radius 3 is 2.80 bits per heavy atom. The Labute approximate surface area is 119 Å². The maximum absolute atomic E-state index is 11.5. The summed E-state index contributed by atoms with van der Waals surface area (Å²) in [5.74, 6) is 0.991. The van der Waals surface area contributed by atoms with Gasteiger partial charge in [0.15, 0.2) is 0 Å². The number of benzene rings is 2. The number of amides is 1. The molecule has 0 unspecified atom stereocenters. The molecule has 2 rings (SSSR count). The van der Waals surface area contributed by atoms with Crippen molar-refractivity contribution in [3.63, 3.8) is 0 Å². The first-order chi connectivity index (χ1) is 9.81. The third-order valence-corrected chi connectivity index (χ3v) is 3.13. The Morgan fingerprint density at radius 2 is 1.95 bits per heavy atom. The number of hydrogen-bond donors (Lipinski definition) is 1. The van der Waals surface area contributed by atoms with Gasteiger partial charge in [-0.05, 0) is 24.3 Å². The fraction of sp³-hybridized carbons (Fsp3) is 0.353. The van der Waals surface area contributed by atoms with Crippen LogP contribution in [0.3, 0.4) is 0 Å². The molecule has 0 atom stereocenters. The molecule has 20 heavy (non-hydrogen) atoms. The van der Waals surface area contributed by atoms with Crippen LogP contribution < -0.4 is 10.1 Å². The monoisotopic (exact) mass is 271 g/mol. The molecule has 1 N–H and O–H groups in total. The molecule has 1 amide bonds. The SMILES string of the molecule is CCCNC(=O)CCCOc1cccc2ccccc12. The van der Waals surface area contributed by atoms with Crippen molar-refractivity contribution in [2.75, 3.05) is 13.2 Å². The largest absolute Gasteiger partial charge is 0.493 e. The molecule has 2 aromatic carbocycles. The lowest BCUT2D eigenvalue weighted by Gasteiger charge is -2.09. The second-order valence-electron chi connectivity index (χ2n) is 4.78. The molecule has 0 heterocycles. The molecule has 0 aliphatic carbocycles. The Morgan fingerprint density at radius 1 is 1.15 bits per heavy atom. The first kappa shape index (κ1) is 14.4. The molecule has 0 spiro atoms. The standard InChI is InChI=1S/C17H21NO2/c1-2-12-18-17(19)11-6-13-20-16-10-5-8-14-7-3-4-9-15(14)16/h3-5,7-10H,2,6,11-13H2,1H3,(H,18,19). The van der Waals surface area contributed by atoms with E-state index in [9.17, 15) is 4.79 Å².